The van der Waals surface area contributed by atoms with E-state index in [-0.39, 0.29) is 42.5 Å². The second-order valence-electron chi connectivity index (χ2n) is 7.68. The number of hydrogen-bond acceptors (Lipinski definition) is 6. The molecule has 2 aliphatic heterocycles. The molecule has 2 fully saturated rings. The van der Waals surface area contributed by atoms with E-state index in [1.165, 1.54) is 11.0 Å². The van der Waals surface area contributed by atoms with Crippen LogP contribution in [0.3, 0.4) is 0 Å². The number of rotatable bonds is 6. The summed E-state index contributed by atoms with van der Waals surface area (Å²) in [5, 5.41) is 14.3. The molecule has 0 atom stereocenters. The molecular weight excluding hydrogens is 400 g/mol. The van der Waals surface area contributed by atoms with Crippen molar-refractivity contribution in [2.45, 2.75) is 32.2 Å². The van der Waals surface area contributed by atoms with E-state index in [1.807, 2.05) is 4.90 Å². The number of nitrogens with zero attached hydrogens (tertiary/aromatic N) is 3. The first-order chi connectivity index (χ1) is 14.9. The zero-order chi connectivity index (χ0) is 22.0. The molecule has 2 saturated heterocycles. The van der Waals surface area contributed by atoms with Crippen LogP contribution in [0.15, 0.2) is 42.5 Å². The Balaban J connectivity index is 1.45. The standard InChI is InChI=1S/C22H22N4O5/c27-20-9-10-21(28)25(20)14-15-3-6-17(7-4-15)23-22(29)16-5-8-18(19(13-16)26(30)31)24-11-1-2-12-24/h3-8,13H,1-2,9-12,14H2,(H,23,29). The van der Waals surface area contributed by atoms with Crippen LogP contribution < -0.4 is 10.2 Å². The van der Waals surface area contributed by atoms with E-state index in [0.29, 0.717) is 11.4 Å². The van der Waals surface area contributed by atoms with Gasteiger partial charge in [0.05, 0.1) is 11.5 Å². The normalized spacial score (nSPS) is 16.1. The molecule has 160 valence electrons. The summed E-state index contributed by atoms with van der Waals surface area (Å²) < 4.78 is 0. The number of benzene rings is 2. The van der Waals surface area contributed by atoms with Gasteiger partial charge in [0.2, 0.25) is 11.8 Å². The second-order valence-corrected chi connectivity index (χ2v) is 7.68. The largest absolute Gasteiger partial charge is 0.366 e. The number of likely N-dealkylation sites (tertiary alicyclic amines) is 1. The van der Waals surface area contributed by atoms with Gasteiger partial charge in [0.1, 0.15) is 5.69 Å². The van der Waals surface area contributed by atoms with Gasteiger partial charge >= 0.3 is 0 Å². The van der Waals surface area contributed by atoms with Crippen molar-refractivity contribution in [3.8, 4) is 0 Å². The molecule has 2 aromatic carbocycles. The number of carbonyl (C=O) groups excluding carboxylic acids is 3. The van der Waals surface area contributed by atoms with E-state index in [9.17, 15) is 24.5 Å². The molecular formula is C22H22N4O5. The molecule has 1 N–H and O–H groups in total. The smallest absolute Gasteiger partial charge is 0.293 e. The molecule has 3 amide bonds. The van der Waals surface area contributed by atoms with E-state index in [0.717, 1.165) is 31.5 Å². The van der Waals surface area contributed by atoms with E-state index in [4.69, 9.17) is 0 Å². The zero-order valence-corrected chi connectivity index (χ0v) is 16.9. The number of nitro benzene ring substituents is 1. The number of hydrogen-bond donors (Lipinski definition) is 1. The number of carbonyl (C=O) groups is 3. The SMILES string of the molecule is O=C(Nc1ccc(CN2C(=O)CCC2=O)cc1)c1ccc(N2CCCC2)c([N+](=O)[O-])c1. The van der Waals surface area contributed by atoms with Crippen LogP contribution in [0.1, 0.15) is 41.6 Å². The van der Waals surface area contributed by atoms with Crippen LogP contribution in [0, 0.1) is 10.1 Å². The number of amides is 3. The molecule has 2 aliphatic rings. The molecule has 0 bridgehead atoms. The predicted octanol–water partition coefficient (Wildman–Crippen LogP) is 3.10. The van der Waals surface area contributed by atoms with Crippen molar-refractivity contribution < 1.29 is 19.3 Å². The Morgan fingerprint density at radius 1 is 1.00 bits per heavy atom. The average molecular weight is 422 g/mol. The highest BCUT2D eigenvalue weighted by Gasteiger charge is 2.28. The molecule has 4 rings (SSSR count). The third kappa shape index (κ3) is 4.40. The Kier molecular flexibility index (Phi) is 5.66. The number of nitrogens with one attached hydrogen (secondary N) is 1. The van der Waals surface area contributed by atoms with Gasteiger partial charge < -0.3 is 10.2 Å². The van der Waals surface area contributed by atoms with Gasteiger partial charge in [0, 0.05) is 43.2 Å². The molecule has 0 aromatic heterocycles. The summed E-state index contributed by atoms with van der Waals surface area (Å²) >= 11 is 0. The van der Waals surface area contributed by atoms with Crippen LogP contribution >= 0.6 is 0 Å². The van der Waals surface area contributed by atoms with Gasteiger partial charge in [-0.2, -0.15) is 0 Å². The highest BCUT2D eigenvalue weighted by molar-refractivity contribution is 6.05. The fraction of sp³-hybridized carbons (Fsp3) is 0.318. The van der Waals surface area contributed by atoms with Crippen molar-refractivity contribution in [1.29, 1.82) is 0 Å². The van der Waals surface area contributed by atoms with Crippen molar-refractivity contribution >= 4 is 34.8 Å². The molecule has 2 aromatic rings. The van der Waals surface area contributed by atoms with Crippen molar-refractivity contribution in [1.82, 2.24) is 4.90 Å². The van der Waals surface area contributed by atoms with E-state index >= 15 is 0 Å². The monoisotopic (exact) mass is 422 g/mol. The minimum Gasteiger partial charge on any atom is -0.366 e. The second kappa shape index (κ2) is 8.55. The van der Waals surface area contributed by atoms with Crippen molar-refractivity contribution in [2.75, 3.05) is 23.3 Å². The third-order valence-corrected chi connectivity index (χ3v) is 5.59. The molecule has 0 radical (unpaired) electrons. The van der Waals surface area contributed by atoms with Gasteiger partial charge in [-0.25, -0.2) is 0 Å². The summed E-state index contributed by atoms with van der Waals surface area (Å²) in [7, 11) is 0. The Morgan fingerprint density at radius 2 is 1.65 bits per heavy atom. The highest BCUT2D eigenvalue weighted by atomic mass is 16.6. The molecule has 9 heteroatoms. The Hall–Kier alpha value is -3.75. The summed E-state index contributed by atoms with van der Waals surface area (Å²) in [6, 6.07) is 11.3. The fourth-order valence-corrected chi connectivity index (χ4v) is 3.91. The van der Waals surface area contributed by atoms with Gasteiger partial charge in [0.25, 0.3) is 11.6 Å². The van der Waals surface area contributed by atoms with Gasteiger partial charge in [-0.1, -0.05) is 12.1 Å². The fourth-order valence-electron chi connectivity index (χ4n) is 3.91. The molecule has 0 aliphatic carbocycles. The predicted molar refractivity (Wildman–Crippen MR) is 114 cm³/mol. The summed E-state index contributed by atoms with van der Waals surface area (Å²) in [4.78, 5) is 50.4. The highest BCUT2D eigenvalue weighted by Crippen LogP contribution is 2.32. The van der Waals surface area contributed by atoms with Crippen LogP contribution in [0.25, 0.3) is 0 Å². The molecule has 0 unspecified atom stereocenters. The summed E-state index contributed by atoms with van der Waals surface area (Å²) in [5.41, 5.74) is 1.94. The Bertz CT molecular complexity index is 1030. The van der Waals surface area contributed by atoms with Crippen LogP contribution in [-0.2, 0) is 16.1 Å². The number of anilines is 2. The lowest BCUT2D eigenvalue weighted by Gasteiger charge is -2.18. The molecule has 31 heavy (non-hydrogen) atoms. The number of imide groups is 1. The Morgan fingerprint density at radius 3 is 2.26 bits per heavy atom. The third-order valence-electron chi connectivity index (χ3n) is 5.59. The van der Waals surface area contributed by atoms with Gasteiger partial charge in [-0.05, 0) is 42.7 Å². The van der Waals surface area contributed by atoms with Crippen LogP contribution in [0.5, 0.6) is 0 Å². The maximum atomic E-state index is 12.6. The minimum atomic E-state index is -0.458. The molecule has 0 saturated carbocycles. The average Bonchev–Trinajstić information content (AvgIpc) is 3.40. The molecule has 0 spiro atoms. The number of nitro groups is 1. The van der Waals surface area contributed by atoms with Crippen molar-refractivity contribution in [3.63, 3.8) is 0 Å². The summed E-state index contributed by atoms with van der Waals surface area (Å²) in [6.45, 7) is 1.75. The first kappa shape index (κ1) is 20.5. The zero-order valence-electron chi connectivity index (χ0n) is 16.9. The maximum Gasteiger partial charge on any atom is 0.293 e. The van der Waals surface area contributed by atoms with Crippen LogP contribution in [0.4, 0.5) is 17.1 Å². The first-order valence-corrected chi connectivity index (χ1v) is 10.2. The maximum absolute atomic E-state index is 12.6. The van der Waals surface area contributed by atoms with Gasteiger partial charge in [0.15, 0.2) is 0 Å². The quantitative estimate of drug-likeness (QED) is 0.435. The van der Waals surface area contributed by atoms with Crippen LogP contribution in [-0.4, -0.2) is 40.6 Å². The molecule has 9 nitrogen and oxygen atoms in total. The minimum absolute atomic E-state index is 0.0788. The topological polar surface area (TPSA) is 113 Å². The van der Waals surface area contributed by atoms with E-state index in [2.05, 4.69) is 5.32 Å². The van der Waals surface area contributed by atoms with Crippen molar-refractivity contribution in [2.24, 2.45) is 0 Å². The van der Waals surface area contributed by atoms with Gasteiger partial charge in [-0.3, -0.25) is 29.4 Å². The van der Waals surface area contributed by atoms with Crippen molar-refractivity contribution in [3.05, 3.63) is 63.7 Å². The first-order valence-electron chi connectivity index (χ1n) is 10.2. The van der Waals surface area contributed by atoms with E-state index in [1.54, 1.807) is 36.4 Å². The van der Waals surface area contributed by atoms with Gasteiger partial charge in [-0.15, -0.1) is 0 Å². The van der Waals surface area contributed by atoms with E-state index < -0.39 is 10.8 Å². The Labute approximate surface area is 178 Å². The van der Waals surface area contributed by atoms with Crippen LogP contribution in [0.2, 0.25) is 0 Å². The molecule has 2 heterocycles. The lowest BCUT2D eigenvalue weighted by molar-refractivity contribution is -0.384. The summed E-state index contributed by atoms with van der Waals surface area (Å²) in [5.74, 6) is -0.809. The summed E-state index contributed by atoms with van der Waals surface area (Å²) in [6.07, 6.45) is 2.48. The lowest BCUT2D eigenvalue weighted by Crippen LogP contribution is -2.28. The lowest BCUT2D eigenvalue weighted by atomic mass is 10.1.